The zero-order chi connectivity index (χ0) is 21.1. The van der Waals surface area contributed by atoms with E-state index < -0.39 is 0 Å². The van der Waals surface area contributed by atoms with Crippen molar-refractivity contribution in [2.24, 2.45) is 5.92 Å². The topological polar surface area (TPSA) is 40.6 Å². The van der Waals surface area contributed by atoms with Gasteiger partial charge >= 0.3 is 0 Å². The first kappa shape index (κ1) is 20.1. The lowest BCUT2D eigenvalue weighted by Gasteiger charge is -2.33. The molecule has 0 radical (unpaired) electrons. The minimum absolute atomic E-state index is 0.0193. The maximum Gasteiger partial charge on any atom is 0.254 e. The van der Waals surface area contributed by atoms with Crippen LogP contribution in [-0.4, -0.2) is 41.8 Å². The van der Waals surface area contributed by atoms with Crippen LogP contribution in [0.2, 0.25) is 0 Å². The van der Waals surface area contributed by atoms with Crippen molar-refractivity contribution in [2.45, 2.75) is 19.4 Å². The third-order valence-electron chi connectivity index (χ3n) is 5.84. The Morgan fingerprint density at radius 1 is 1.00 bits per heavy atom. The lowest BCUT2D eigenvalue weighted by atomic mass is 9.94. The van der Waals surface area contributed by atoms with E-state index in [0.29, 0.717) is 38.0 Å². The van der Waals surface area contributed by atoms with E-state index in [4.69, 9.17) is 0 Å². The number of hydrogen-bond acceptors (Lipinski definition) is 2. The number of rotatable bonds is 4. The highest BCUT2D eigenvalue weighted by Crippen LogP contribution is 2.25. The number of likely N-dealkylation sites (tertiary alicyclic amines) is 1. The molecule has 0 aromatic heterocycles. The van der Waals surface area contributed by atoms with Gasteiger partial charge < -0.3 is 9.80 Å². The Bertz CT molecular complexity index is 1070. The Morgan fingerprint density at radius 2 is 1.70 bits per heavy atom. The molecule has 0 bridgehead atoms. The van der Waals surface area contributed by atoms with Crippen molar-refractivity contribution in [3.05, 3.63) is 83.7 Å². The molecule has 3 aromatic carbocycles. The zero-order valence-electron chi connectivity index (χ0n) is 17.1. The highest BCUT2D eigenvalue weighted by atomic mass is 19.1. The number of benzene rings is 3. The van der Waals surface area contributed by atoms with Gasteiger partial charge in [-0.25, -0.2) is 4.39 Å². The number of piperidine rings is 1. The summed E-state index contributed by atoms with van der Waals surface area (Å²) < 4.78 is 13.4. The molecule has 0 N–H and O–H groups in total. The molecule has 154 valence electrons. The molecule has 0 aliphatic carbocycles. The Kier molecular flexibility index (Phi) is 5.79. The molecule has 1 aliphatic heterocycles. The molecule has 3 aromatic rings. The van der Waals surface area contributed by atoms with Gasteiger partial charge in [-0.05, 0) is 47.4 Å². The number of carbonyl (C=O) groups excluding carboxylic acids is 2. The van der Waals surface area contributed by atoms with E-state index in [0.717, 1.165) is 16.3 Å². The number of carbonyl (C=O) groups is 2. The van der Waals surface area contributed by atoms with E-state index in [-0.39, 0.29) is 23.5 Å². The van der Waals surface area contributed by atoms with Crippen LogP contribution in [0.5, 0.6) is 0 Å². The Labute approximate surface area is 175 Å². The molecule has 5 heteroatoms. The minimum Gasteiger partial charge on any atom is -0.341 e. The molecule has 4 nitrogen and oxygen atoms in total. The molecule has 1 heterocycles. The molecule has 2 amide bonds. The number of hydrogen-bond donors (Lipinski definition) is 0. The van der Waals surface area contributed by atoms with Crippen molar-refractivity contribution in [3.63, 3.8) is 0 Å². The molecule has 1 saturated heterocycles. The molecule has 1 fully saturated rings. The Balaban J connectivity index is 1.38. The first-order chi connectivity index (χ1) is 14.5. The summed E-state index contributed by atoms with van der Waals surface area (Å²) in [5.74, 6) is -0.337. The van der Waals surface area contributed by atoms with Gasteiger partial charge in [-0.3, -0.25) is 9.59 Å². The van der Waals surface area contributed by atoms with Gasteiger partial charge in [0.25, 0.3) is 5.91 Å². The second kappa shape index (κ2) is 8.66. The van der Waals surface area contributed by atoms with Gasteiger partial charge in [0.15, 0.2) is 0 Å². The lowest BCUT2D eigenvalue weighted by Crippen LogP contribution is -2.43. The molecule has 4 rings (SSSR count). The van der Waals surface area contributed by atoms with Gasteiger partial charge in [0.05, 0.1) is 0 Å². The summed E-state index contributed by atoms with van der Waals surface area (Å²) in [5, 5.41) is 2.01. The summed E-state index contributed by atoms with van der Waals surface area (Å²) in [7, 11) is 1.75. The van der Waals surface area contributed by atoms with E-state index in [1.807, 2.05) is 53.4 Å². The normalized spacial score (nSPS) is 14.7. The van der Waals surface area contributed by atoms with Crippen molar-refractivity contribution in [3.8, 4) is 0 Å². The van der Waals surface area contributed by atoms with Crippen LogP contribution in [0.15, 0.2) is 66.7 Å². The fourth-order valence-corrected chi connectivity index (χ4v) is 4.21. The average molecular weight is 404 g/mol. The van der Waals surface area contributed by atoms with Gasteiger partial charge in [-0.2, -0.15) is 0 Å². The van der Waals surface area contributed by atoms with Gasteiger partial charge in [0, 0.05) is 38.2 Å². The van der Waals surface area contributed by atoms with Crippen molar-refractivity contribution >= 4 is 22.6 Å². The van der Waals surface area contributed by atoms with Gasteiger partial charge in [-0.1, -0.05) is 48.5 Å². The SMILES string of the molecule is CN(Cc1cccc(F)c1)C(=O)C1CCN(C(=O)c2cccc3ccccc23)CC1. The van der Waals surface area contributed by atoms with Crippen LogP contribution in [0.1, 0.15) is 28.8 Å². The summed E-state index contributed by atoms with van der Waals surface area (Å²) in [6.45, 7) is 1.50. The third-order valence-corrected chi connectivity index (χ3v) is 5.84. The Morgan fingerprint density at radius 3 is 2.47 bits per heavy atom. The van der Waals surface area contributed by atoms with Crippen LogP contribution in [0, 0.1) is 11.7 Å². The highest BCUT2D eigenvalue weighted by Gasteiger charge is 2.30. The van der Waals surface area contributed by atoms with Gasteiger partial charge in [0.2, 0.25) is 5.91 Å². The van der Waals surface area contributed by atoms with Crippen LogP contribution in [-0.2, 0) is 11.3 Å². The smallest absolute Gasteiger partial charge is 0.254 e. The van der Waals surface area contributed by atoms with E-state index in [1.54, 1.807) is 18.0 Å². The van der Waals surface area contributed by atoms with Gasteiger partial charge in [0.1, 0.15) is 5.82 Å². The molecule has 0 spiro atoms. The summed E-state index contributed by atoms with van der Waals surface area (Å²) >= 11 is 0. The summed E-state index contributed by atoms with van der Waals surface area (Å²) in [6, 6.07) is 20.0. The maximum absolute atomic E-state index is 13.4. The first-order valence-corrected chi connectivity index (χ1v) is 10.3. The van der Waals surface area contributed by atoms with Crippen LogP contribution in [0.4, 0.5) is 4.39 Å². The van der Waals surface area contributed by atoms with Crippen LogP contribution in [0.25, 0.3) is 10.8 Å². The highest BCUT2D eigenvalue weighted by molar-refractivity contribution is 6.07. The predicted octanol–water partition coefficient (Wildman–Crippen LogP) is 4.49. The molecule has 1 aliphatic rings. The molecular weight excluding hydrogens is 379 g/mol. The van der Waals surface area contributed by atoms with Crippen LogP contribution < -0.4 is 0 Å². The number of nitrogens with zero attached hydrogens (tertiary/aromatic N) is 2. The predicted molar refractivity (Wildman–Crippen MR) is 115 cm³/mol. The quantitative estimate of drug-likeness (QED) is 0.643. The summed E-state index contributed by atoms with van der Waals surface area (Å²) in [4.78, 5) is 29.4. The largest absolute Gasteiger partial charge is 0.341 e. The summed E-state index contributed by atoms with van der Waals surface area (Å²) in [5.41, 5.74) is 1.48. The monoisotopic (exact) mass is 404 g/mol. The van der Waals surface area contributed by atoms with Gasteiger partial charge in [-0.15, -0.1) is 0 Å². The number of halogens is 1. The zero-order valence-corrected chi connectivity index (χ0v) is 17.1. The molecule has 30 heavy (non-hydrogen) atoms. The number of amides is 2. The lowest BCUT2D eigenvalue weighted by molar-refractivity contribution is -0.136. The van der Waals surface area contributed by atoms with E-state index in [9.17, 15) is 14.0 Å². The fourth-order valence-electron chi connectivity index (χ4n) is 4.21. The average Bonchev–Trinajstić information content (AvgIpc) is 2.78. The van der Waals surface area contributed by atoms with Crippen molar-refractivity contribution in [2.75, 3.05) is 20.1 Å². The van der Waals surface area contributed by atoms with E-state index in [1.165, 1.54) is 12.1 Å². The molecule has 0 unspecified atom stereocenters. The van der Waals surface area contributed by atoms with Crippen molar-refractivity contribution < 1.29 is 14.0 Å². The minimum atomic E-state index is -0.298. The van der Waals surface area contributed by atoms with Crippen LogP contribution in [0.3, 0.4) is 0 Å². The fraction of sp³-hybridized carbons (Fsp3) is 0.280. The standard InChI is InChI=1S/C25H25FN2O2/c1-27(17-18-6-4-9-21(26)16-18)24(29)20-12-14-28(15-13-20)25(30)23-11-5-8-19-7-2-3-10-22(19)23/h2-11,16,20H,12-15,17H2,1H3. The molecule has 0 saturated carbocycles. The molecule has 0 atom stereocenters. The first-order valence-electron chi connectivity index (χ1n) is 10.3. The van der Waals surface area contributed by atoms with Crippen molar-refractivity contribution in [1.29, 1.82) is 0 Å². The second-order valence-electron chi connectivity index (χ2n) is 7.92. The molecular formula is C25H25FN2O2. The maximum atomic E-state index is 13.4. The van der Waals surface area contributed by atoms with Crippen LogP contribution >= 0.6 is 0 Å². The third kappa shape index (κ3) is 4.20. The van der Waals surface area contributed by atoms with E-state index in [2.05, 4.69) is 0 Å². The number of fused-ring (bicyclic) bond motifs is 1. The van der Waals surface area contributed by atoms with E-state index >= 15 is 0 Å². The Hall–Kier alpha value is -3.21. The second-order valence-corrected chi connectivity index (χ2v) is 7.92. The summed E-state index contributed by atoms with van der Waals surface area (Å²) in [6.07, 6.45) is 1.28. The van der Waals surface area contributed by atoms with Crippen molar-refractivity contribution in [1.82, 2.24) is 9.80 Å².